The number of methoxy groups -OCH3 is 1. The summed E-state index contributed by atoms with van der Waals surface area (Å²) in [6.45, 7) is 4.54. The molecule has 2 atom stereocenters. The zero-order chi connectivity index (χ0) is 30.8. The minimum absolute atomic E-state index is 0.0327. The molecule has 1 aromatic heterocycles. The van der Waals surface area contributed by atoms with Gasteiger partial charge in [0.05, 0.1) is 30.7 Å². The second-order valence-electron chi connectivity index (χ2n) is 11.0. The molecule has 9 nitrogen and oxygen atoms in total. The van der Waals surface area contributed by atoms with Crippen molar-refractivity contribution in [2.24, 2.45) is 5.92 Å². The zero-order valence-corrected chi connectivity index (χ0v) is 26.1. The molecule has 1 fully saturated rings. The largest absolute Gasteiger partial charge is 0.497 e. The molecule has 44 heavy (non-hydrogen) atoms. The van der Waals surface area contributed by atoms with Crippen LogP contribution in [0.3, 0.4) is 0 Å². The molecule has 0 aliphatic carbocycles. The van der Waals surface area contributed by atoms with Crippen molar-refractivity contribution >= 4 is 44.8 Å². The van der Waals surface area contributed by atoms with E-state index in [4.69, 9.17) is 9.47 Å². The monoisotopic (exact) mass is 656 g/mol. The van der Waals surface area contributed by atoms with Crippen LogP contribution in [0, 0.1) is 5.92 Å². The van der Waals surface area contributed by atoms with Crippen molar-refractivity contribution < 1.29 is 19.1 Å². The van der Waals surface area contributed by atoms with E-state index in [1.807, 2.05) is 29.7 Å². The highest BCUT2D eigenvalue weighted by Gasteiger charge is 2.35. The van der Waals surface area contributed by atoms with Crippen LogP contribution in [-0.4, -0.2) is 43.2 Å². The number of carbonyl (C=O) groups is 2. The van der Waals surface area contributed by atoms with Crippen molar-refractivity contribution in [1.29, 1.82) is 0 Å². The molecule has 2 aliphatic rings. The molecule has 2 unspecified atom stereocenters. The zero-order valence-electron chi connectivity index (χ0n) is 24.5. The highest BCUT2D eigenvalue weighted by atomic mass is 79.9. The van der Waals surface area contributed by atoms with Crippen LogP contribution in [0.4, 0.5) is 17.1 Å². The highest BCUT2D eigenvalue weighted by Crippen LogP contribution is 2.39. The fraction of sp³-hybridized carbons (Fsp3) is 0.265. The summed E-state index contributed by atoms with van der Waals surface area (Å²) in [7, 11) is 1.55. The van der Waals surface area contributed by atoms with Gasteiger partial charge in [0, 0.05) is 53.0 Å². The number of ether oxygens (including phenoxy) is 2. The van der Waals surface area contributed by atoms with E-state index in [1.165, 1.54) is 0 Å². The first-order valence-electron chi connectivity index (χ1n) is 14.6. The smallest absolute Gasteiger partial charge is 0.257 e. The van der Waals surface area contributed by atoms with Crippen LogP contribution in [-0.2, 0) is 6.54 Å². The topological polar surface area (TPSA) is 102 Å². The highest BCUT2D eigenvalue weighted by molar-refractivity contribution is 9.10. The average molecular weight is 658 g/mol. The molecule has 4 aromatic rings. The van der Waals surface area contributed by atoms with Crippen LogP contribution in [0.1, 0.15) is 45.7 Å². The summed E-state index contributed by atoms with van der Waals surface area (Å²) >= 11 is 3.48. The van der Waals surface area contributed by atoms with Crippen molar-refractivity contribution in [3.05, 3.63) is 111 Å². The van der Waals surface area contributed by atoms with Crippen LogP contribution in [0.15, 0.2) is 88.1 Å². The molecule has 2 N–H and O–H groups in total. The van der Waals surface area contributed by atoms with Gasteiger partial charge in [-0.2, -0.15) is 0 Å². The molecule has 10 heteroatoms. The van der Waals surface area contributed by atoms with E-state index in [2.05, 4.69) is 31.5 Å². The first-order valence-corrected chi connectivity index (χ1v) is 15.4. The summed E-state index contributed by atoms with van der Waals surface area (Å²) in [4.78, 5) is 41.8. The van der Waals surface area contributed by atoms with Crippen LogP contribution in [0.5, 0.6) is 11.5 Å². The minimum atomic E-state index is -0.338. The maximum Gasteiger partial charge on any atom is 0.257 e. The Balaban J connectivity index is 1.32. The number of rotatable bonds is 8. The maximum absolute atomic E-state index is 13.6. The predicted molar refractivity (Wildman–Crippen MR) is 174 cm³/mol. The van der Waals surface area contributed by atoms with E-state index in [9.17, 15) is 14.4 Å². The van der Waals surface area contributed by atoms with Crippen molar-refractivity contribution in [2.75, 3.05) is 42.3 Å². The standard InChI is InChI=1S/C34H33BrN4O5/c1-3-44-25-10-8-24(9-11-25)36-33(41)22-7-14-31(29(16-22)37-34(42)27-17-26(43-2)12-13-28(27)35)38-18-21-15-23(20-38)30-5-4-6-32(40)39(30)19-21/h4-14,16-17,21,23H,3,15,18-20H2,1-2H3,(H,36,41)(H,37,42). The van der Waals surface area contributed by atoms with Crippen molar-refractivity contribution in [2.45, 2.75) is 25.8 Å². The molecular formula is C34H33BrN4O5. The Kier molecular flexibility index (Phi) is 8.43. The van der Waals surface area contributed by atoms with Crippen LogP contribution < -0.4 is 30.6 Å². The number of nitrogens with zero attached hydrogens (tertiary/aromatic N) is 2. The summed E-state index contributed by atoms with van der Waals surface area (Å²) in [5, 5.41) is 6.01. The fourth-order valence-electron chi connectivity index (χ4n) is 6.15. The Bertz CT molecular complexity index is 1770. The lowest BCUT2D eigenvalue weighted by molar-refractivity contribution is 0.101. The molecule has 226 valence electrons. The molecule has 3 heterocycles. The quantitative estimate of drug-likeness (QED) is 0.236. The third kappa shape index (κ3) is 6.07. The lowest BCUT2D eigenvalue weighted by atomic mass is 9.83. The SMILES string of the molecule is CCOc1ccc(NC(=O)c2ccc(N3CC4CC(C3)c3cccc(=O)n3C4)c(NC(=O)c3cc(OC)ccc3Br)c2)cc1. The first kappa shape index (κ1) is 29.5. The number of pyridine rings is 1. The van der Waals surface area contributed by atoms with Crippen LogP contribution >= 0.6 is 15.9 Å². The Morgan fingerprint density at radius 3 is 2.48 bits per heavy atom. The number of aromatic nitrogens is 1. The van der Waals surface area contributed by atoms with Crippen LogP contribution in [0.25, 0.3) is 0 Å². The van der Waals surface area contributed by atoms with Gasteiger partial charge in [-0.1, -0.05) is 6.07 Å². The number of anilines is 3. The summed E-state index contributed by atoms with van der Waals surface area (Å²) in [6.07, 6.45) is 1.00. The second kappa shape index (κ2) is 12.6. The van der Waals surface area contributed by atoms with Gasteiger partial charge in [0.25, 0.3) is 17.4 Å². The molecule has 2 bridgehead atoms. The van der Waals surface area contributed by atoms with Gasteiger partial charge < -0.3 is 29.6 Å². The molecule has 0 saturated carbocycles. The van der Waals surface area contributed by atoms with E-state index < -0.39 is 0 Å². The Hall–Kier alpha value is -4.57. The van der Waals surface area contributed by atoms with Crippen LogP contribution in [0.2, 0.25) is 0 Å². The Morgan fingerprint density at radius 2 is 1.70 bits per heavy atom. The predicted octanol–water partition coefficient (Wildman–Crippen LogP) is 6.15. The van der Waals surface area contributed by atoms with Crippen molar-refractivity contribution in [3.63, 3.8) is 0 Å². The number of carbonyl (C=O) groups excluding carboxylic acids is 2. The number of piperidine rings is 1. The molecule has 1 saturated heterocycles. The van der Waals surface area contributed by atoms with Gasteiger partial charge in [-0.05, 0) is 102 Å². The lowest BCUT2D eigenvalue weighted by Gasteiger charge is -2.44. The van der Waals surface area contributed by atoms with Gasteiger partial charge in [0.15, 0.2) is 0 Å². The number of fused-ring (bicyclic) bond motifs is 4. The van der Waals surface area contributed by atoms with E-state index in [0.717, 1.165) is 30.1 Å². The molecular weight excluding hydrogens is 624 g/mol. The fourth-order valence-corrected chi connectivity index (χ4v) is 6.57. The molecule has 3 aromatic carbocycles. The summed E-state index contributed by atoms with van der Waals surface area (Å²) in [5.41, 5.74) is 3.85. The average Bonchev–Trinajstić information content (AvgIpc) is 3.02. The van der Waals surface area contributed by atoms with Crippen molar-refractivity contribution in [1.82, 2.24) is 4.57 Å². The summed E-state index contributed by atoms with van der Waals surface area (Å²) < 4.78 is 13.4. The van der Waals surface area contributed by atoms with Gasteiger partial charge in [-0.3, -0.25) is 14.4 Å². The molecule has 0 radical (unpaired) electrons. The van der Waals surface area contributed by atoms with Gasteiger partial charge in [0.1, 0.15) is 11.5 Å². The Morgan fingerprint density at radius 1 is 0.909 bits per heavy atom. The number of hydrogen-bond acceptors (Lipinski definition) is 6. The summed E-state index contributed by atoms with van der Waals surface area (Å²) in [5.74, 6) is 1.09. The maximum atomic E-state index is 13.6. The number of benzene rings is 3. The number of hydrogen-bond donors (Lipinski definition) is 2. The van der Waals surface area contributed by atoms with Gasteiger partial charge in [-0.25, -0.2) is 0 Å². The van der Waals surface area contributed by atoms with Gasteiger partial charge in [0.2, 0.25) is 0 Å². The third-order valence-corrected chi connectivity index (χ3v) is 8.86. The van der Waals surface area contributed by atoms with Gasteiger partial charge in [-0.15, -0.1) is 0 Å². The molecule has 6 rings (SSSR count). The first-order chi connectivity index (χ1) is 21.3. The summed E-state index contributed by atoms with van der Waals surface area (Å²) in [6, 6.07) is 23.2. The lowest BCUT2D eigenvalue weighted by Crippen LogP contribution is -2.47. The van der Waals surface area contributed by atoms with Crippen molar-refractivity contribution in [3.8, 4) is 11.5 Å². The molecule has 0 spiro atoms. The van der Waals surface area contributed by atoms with E-state index in [1.54, 1.807) is 67.8 Å². The van der Waals surface area contributed by atoms with E-state index in [0.29, 0.717) is 52.4 Å². The van der Waals surface area contributed by atoms with Gasteiger partial charge >= 0.3 is 0 Å². The normalized spacial score (nSPS) is 16.9. The number of nitrogens with one attached hydrogen (secondary N) is 2. The molecule has 2 amide bonds. The van der Waals surface area contributed by atoms with E-state index >= 15 is 0 Å². The Labute approximate surface area is 263 Å². The minimum Gasteiger partial charge on any atom is -0.497 e. The number of halogens is 1. The second-order valence-corrected chi connectivity index (χ2v) is 11.9. The number of amides is 2. The molecule has 2 aliphatic heterocycles. The van der Waals surface area contributed by atoms with E-state index in [-0.39, 0.29) is 29.2 Å². The third-order valence-electron chi connectivity index (χ3n) is 8.17.